The second-order valence-corrected chi connectivity index (χ2v) is 6.19. The number of hydrogen-bond acceptors (Lipinski definition) is 3. The smallest absolute Gasteiger partial charge is 0.314 e. The zero-order valence-electron chi connectivity index (χ0n) is 7.26. The fraction of sp³-hybridized carbons (Fsp3) is 1.00. The van der Waals surface area contributed by atoms with E-state index in [0.29, 0.717) is 0 Å². The van der Waals surface area contributed by atoms with Crippen LogP contribution >= 0.6 is 0 Å². The predicted molar refractivity (Wildman–Crippen MR) is 43.5 cm³/mol. The molecule has 0 bridgehead atoms. The molecule has 0 aromatic rings. The number of sulfone groups is 1. The molecule has 0 aromatic carbocycles. The molecule has 2 fully saturated rings. The minimum atomic E-state index is -4.43. The summed E-state index contributed by atoms with van der Waals surface area (Å²) < 4.78 is 60.9. The Balaban J connectivity index is 2.47. The summed E-state index contributed by atoms with van der Waals surface area (Å²) in [6, 6.07) is 0. The molecule has 2 aliphatic heterocycles. The van der Waals surface area contributed by atoms with Crippen LogP contribution in [0.3, 0.4) is 0 Å². The molecule has 0 radical (unpaired) electrons. The number of hydrogen-bond donors (Lipinski definition) is 1. The summed E-state index contributed by atoms with van der Waals surface area (Å²) in [4.78, 5) is 0. The Labute approximate surface area is 79.6 Å². The van der Waals surface area contributed by atoms with E-state index < -0.39 is 26.7 Å². The molecule has 2 rings (SSSR count). The van der Waals surface area contributed by atoms with Gasteiger partial charge in [-0.15, -0.1) is 0 Å². The number of rotatable bonds is 0. The first-order chi connectivity index (χ1) is 6.30. The maximum Gasteiger partial charge on any atom is 0.397 e. The summed E-state index contributed by atoms with van der Waals surface area (Å²) in [5.41, 5.74) is -2.02. The lowest BCUT2D eigenvalue weighted by Gasteiger charge is -2.29. The maximum absolute atomic E-state index is 12.7. The normalized spacial score (nSPS) is 41.2. The van der Waals surface area contributed by atoms with Crippen LogP contribution in [0.15, 0.2) is 0 Å². The van der Waals surface area contributed by atoms with Crippen LogP contribution in [0.4, 0.5) is 13.2 Å². The highest BCUT2D eigenvalue weighted by molar-refractivity contribution is 7.92. The van der Waals surface area contributed by atoms with Crippen LogP contribution in [-0.2, 0) is 9.84 Å². The fourth-order valence-corrected chi connectivity index (χ4v) is 4.67. The van der Waals surface area contributed by atoms with E-state index in [4.69, 9.17) is 0 Å². The quantitative estimate of drug-likeness (QED) is 0.651. The molecule has 3 nitrogen and oxygen atoms in total. The van der Waals surface area contributed by atoms with Crippen LogP contribution in [0.2, 0.25) is 0 Å². The minimum absolute atomic E-state index is 0.0676. The van der Waals surface area contributed by atoms with Gasteiger partial charge in [-0.2, -0.15) is 13.2 Å². The topological polar surface area (TPSA) is 46.2 Å². The van der Waals surface area contributed by atoms with Crippen molar-refractivity contribution >= 4 is 9.84 Å². The SMILES string of the molecule is O=S1(=O)CC[C@]2(C(F)(F)F)CNC[C@@H]21. The van der Waals surface area contributed by atoms with E-state index in [2.05, 4.69) is 5.32 Å². The van der Waals surface area contributed by atoms with E-state index in [0.717, 1.165) is 0 Å². The summed E-state index contributed by atoms with van der Waals surface area (Å²) >= 11 is 0. The summed E-state index contributed by atoms with van der Waals surface area (Å²) in [5, 5.41) is 1.26. The Morgan fingerprint density at radius 1 is 1.36 bits per heavy atom. The molecular formula is C7H10F3NO2S. The molecule has 2 saturated heterocycles. The zero-order chi connectivity index (χ0) is 10.6. The lowest BCUT2D eigenvalue weighted by molar-refractivity contribution is -0.213. The Hall–Kier alpha value is -0.300. The Morgan fingerprint density at radius 2 is 2.00 bits per heavy atom. The van der Waals surface area contributed by atoms with Crippen molar-refractivity contribution in [3.05, 3.63) is 0 Å². The van der Waals surface area contributed by atoms with Gasteiger partial charge in [0.2, 0.25) is 0 Å². The van der Waals surface area contributed by atoms with Gasteiger partial charge in [-0.05, 0) is 6.42 Å². The van der Waals surface area contributed by atoms with Gasteiger partial charge in [0.25, 0.3) is 0 Å². The summed E-state index contributed by atoms with van der Waals surface area (Å²) in [6.07, 6.45) is -4.72. The van der Waals surface area contributed by atoms with Crippen molar-refractivity contribution in [1.82, 2.24) is 5.32 Å². The Bertz CT molecular complexity index is 350. The lowest BCUT2D eigenvalue weighted by atomic mass is 9.83. The maximum atomic E-state index is 12.7. The van der Waals surface area contributed by atoms with Crippen molar-refractivity contribution in [2.24, 2.45) is 5.41 Å². The van der Waals surface area contributed by atoms with Gasteiger partial charge in [0.1, 0.15) is 0 Å². The highest BCUT2D eigenvalue weighted by atomic mass is 32.2. The van der Waals surface area contributed by atoms with Crippen molar-refractivity contribution in [3.63, 3.8) is 0 Å². The molecule has 2 aliphatic rings. The number of alkyl halides is 3. The highest BCUT2D eigenvalue weighted by Gasteiger charge is 2.68. The summed E-state index contributed by atoms with van der Waals surface area (Å²) in [6.45, 7) is -0.331. The number of nitrogens with one attached hydrogen (secondary N) is 1. The van der Waals surface area contributed by atoms with E-state index in [1.54, 1.807) is 0 Å². The Kier molecular flexibility index (Phi) is 1.92. The van der Waals surface area contributed by atoms with Gasteiger partial charge in [-0.25, -0.2) is 8.42 Å². The molecule has 0 saturated carbocycles. The molecule has 0 amide bonds. The molecule has 0 unspecified atom stereocenters. The minimum Gasteiger partial charge on any atom is -0.314 e. The van der Waals surface area contributed by atoms with Crippen molar-refractivity contribution < 1.29 is 21.6 Å². The largest absolute Gasteiger partial charge is 0.397 e. The second-order valence-electron chi connectivity index (χ2n) is 3.89. The van der Waals surface area contributed by atoms with Crippen LogP contribution in [0.5, 0.6) is 0 Å². The first-order valence-corrected chi connectivity index (χ1v) is 6.00. The highest BCUT2D eigenvalue weighted by Crippen LogP contribution is 2.52. The third-order valence-electron chi connectivity index (χ3n) is 3.22. The Morgan fingerprint density at radius 3 is 2.50 bits per heavy atom. The van der Waals surface area contributed by atoms with Gasteiger partial charge < -0.3 is 5.32 Å². The molecule has 2 heterocycles. The lowest BCUT2D eigenvalue weighted by Crippen LogP contribution is -2.45. The van der Waals surface area contributed by atoms with Crippen molar-refractivity contribution in [2.45, 2.75) is 17.8 Å². The van der Waals surface area contributed by atoms with Gasteiger partial charge in [-0.1, -0.05) is 0 Å². The molecule has 1 N–H and O–H groups in total. The van der Waals surface area contributed by atoms with Crippen LogP contribution in [-0.4, -0.2) is 38.7 Å². The molecule has 82 valence electrons. The molecule has 14 heavy (non-hydrogen) atoms. The summed E-state index contributed by atoms with van der Waals surface area (Å²) in [7, 11) is -3.55. The van der Waals surface area contributed by atoms with Crippen LogP contribution < -0.4 is 5.32 Å². The average molecular weight is 229 g/mol. The summed E-state index contributed by atoms with van der Waals surface area (Å²) in [5.74, 6) is -0.334. The fourth-order valence-electron chi connectivity index (χ4n) is 2.35. The molecular weight excluding hydrogens is 219 g/mol. The van der Waals surface area contributed by atoms with Gasteiger partial charge in [-0.3, -0.25) is 0 Å². The van der Waals surface area contributed by atoms with E-state index in [1.807, 2.05) is 0 Å². The van der Waals surface area contributed by atoms with Crippen LogP contribution in [0.1, 0.15) is 6.42 Å². The van der Waals surface area contributed by atoms with Gasteiger partial charge in [0.15, 0.2) is 9.84 Å². The second kappa shape index (κ2) is 2.63. The molecule has 0 aromatic heterocycles. The first-order valence-electron chi connectivity index (χ1n) is 4.29. The third-order valence-corrected chi connectivity index (χ3v) is 5.48. The van der Waals surface area contributed by atoms with E-state index >= 15 is 0 Å². The first kappa shape index (κ1) is 10.2. The predicted octanol–water partition coefficient (Wildman–Crippen LogP) is 0.325. The standard InChI is InChI=1S/C7H10F3NO2S/c8-7(9,10)6-1-2-14(12,13)5(6)3-11-4-6/h5,11H,1-4H2/t5-,6-/m0/s1. The monoisotopic (exact) mass is 229 g/mol. The molecule has 2 atom stereocenters. The number of fused-ring (bicyclic) bond motifs is 1. The van der Waals surface area contributed by atoms with Crippen molar-refractivity contribution in [1.29, 1.82) is 0 Å². The third kappa shape index (κ3) is 1.11. The van der Waals surface area contributed by atoms with Gasteiger partial charge in [0.05, 0.1) is 16.4 Å². The molecule has 0 spiro atoms. The van der Waals surface area contributed by atoms with E-state index in [9.17, 15) is 21.6 Å². The van der Waals surface area contributed by atoms with E-state index in [-0.39, 0.29) is 25.3 Å². The van der Waals surface area contributed by atoms with Gasteiger partial charge in [0, 0.05) is 13.1 Å². The van der Waals surface area contributed by atoms with E-state index in [1.165, 1.54) is 0 Å². The zero-order valence-corrected chi connectivity index (χ0v) is 8.08. The van der Waals surface area contributed by atoms with Gasteiger partial charge >= 0.3 is 6.18 Å². The number of halogens is 3. The van der Waals surface area contributed by atoms with Crippen LogP contribution in [0, 0.1) is 5.41 Å². The molecule has 7 heteroatoms. The average Bonchev–Trinajstić information content (AvgIpc) is 2.51. The van der Waals surface area contributed by atoms with Crippen LogP contribution in [0.25, 0.3) is 0 Å². The van der Waals surface area contributed by atoms with Crippen molar-refractivity contribution in [2.75, 3.05) is 18.8 Å². The molecule has 0 aliphatic carbocycles. The van der Waals surface area contributed by atoms with Crippen molar-refractivity contribution in [3.8, 4) is 0 Å².